The fourth-order valence-electron chi connectivity index (χ4n) is 3.76. The summed E-state index contributed by atoms with van der Waals surface area (Å²) in [6.07, 6.45) is 3.56. The van der Waals surface area contributed by atoms with Gasteiger partial charge in [-0.3, -0.25) is 14.6 Å². The Hall–Kier alpha value is -2.73. The number of carbonyl (C=O) groups is 2. The van der Waals surface area contributed by atoms with E-state index < -0.39 is 11.6 Å². The molecule has 0 aliphatic heterocycles. The number of amides is 2. The monoisotopic (exact) mass is 381 g/mol. The molecular weight excluding hydrogens is 354 g/mol. The zero-order chi connectivity index (χ0) is 20.1. The molecule has 0 saturated heterocycles. The standard InChI is InChI=1S/C22H27N3O3/c1-15(26)18-10-7-11-19(24-18)16-8-6-9-17(14-16)20(27)25-22(21(28)23-2)12-4-3-5-13-22/h6-11,14-15,26H,3-5,12-13H2,1-2H3,(H,23,28)(H,25,27)/t15-/m1/s1. The smallest absolute Gasteiger partial charge is 0.252 e. The minimum Gasteiger partial charge on any atom is -0.387 e. The van der Waals surface area contributed by atoms with Crippen molar-refractivity contribution in [1.82, 2.24) is 15.6 Å². The Bertz CT molecular complexity index is 858. The molecule has 0 unspecified atom stereocenters. The Morgan fingerprint density at radius 2 is 1.82 bits per heavy atom. The molecule has 2 aromatic rings. The molecule has 2 amide bonds. The van der Waals surface area contributed by atoms with Gasteiger partial charge in [0, 0.05) is 18.2 Å². The van der Waals surface area contributed by atoms with Gasteiger partial charge in [0.2, 0.25) is 5.91 Å². The number of aromatic nitrogens is 1. The van der Waals surface area contributed by atoms with Crippen molar-refractivity contribution in [3.63, 3.8) is 0 Å². The first-order chi connectivity index (χ1) is 13.4. The third-order valence-corrected chi connectivity index (χ3v) is 5.34. The molecule has 3 N–H and O–H groups in total. The molecule has 6 nitrogen and oxygen atoms in total. The molecule has 1 aliphatic carbocycles. The molecule has 1 aliphatic rings. The zero-order valence-electron chi connectivity index (χ0n) is 16.4. The van der Waals surface area contributed by atoms with Gasteiger partial charge >= 0.3 is 0 Å². The molecule has 1 aromatic carbocycles. The topological polar surface area (TPSA) is 91.3 Å². The van der Waals surface area contributed by atoms with Crippen LogP contribution in [0.25, 0.3) is 11.3 Å². The van der Waals surface area contributed by atoms with Crippen molar-refractivity contribution >= 4 is 11.8 Å². The summed E-state index contributed by atoms with van der Waals surface area (Å²) in [6.45, 7) is 1.67. The van der Waals surface area contributed by atoms with Gasteiger partial charge in [-0.05, 0) is 44.0 Å². The van der Waals surface area contributed by atoms with Crippen molar-refractivity contribution in [1.29, 1.82) is 0 Å². The van der Waals surface area contributed by atoms with Gasteiger partial charge < -0.3 is 15.7 Å². The van der Waals surface area contributed by atoms with E-state index >= 15 is 0 Å². The van der Waals surface area contributed by atoms with Gasteiger partial charge in [-0.2, -0.15) is 0 Å². The quantitative estimate of drug-likeness (QED) is 0.743. The number of hydrogen-bond donors (Lipinski definition) is 3. The Morgan fingerprint density at radius 3 is 2.50 bits per heavy atom. The van der Waals surface area contributed by atoms with E-state index in [9.17, 15) is 14.7 Å². The molecule has 1 fully saturated rings. The molecule has 1 heterocycles. The number of likely N-dealkylation sites (N-methyl/N-ethyl adjacent to an activating group) is 1. The van der Waals surface area contributed by atoms with E-state index in [2.05, 4.69) is 15.6 Å². The van der Waals surface area contributed by atoms with Gasteiger partial charge in [0.25, 0.3) is 5.91 Å². The highest BCUT2D eigenvalue weighted by Crippen LogP contribution is 2.29. The number of nitrogens with zero attached hydrogens (tertiary/aromatic N) is 1. The van der Waals surface area contributed by atoms with Crippen molar-refractivity contribution in [2.75, 3.05) is 7.05 Å². The predicted molar refractivity (Wildman–Crippen MR) is 108 cm³/mol. The first-order valence-corrected chi connectivity index (χ1v) is 9.75. The molecule has 148 valence electrons. The van der Waals surface area contributed by atoms with Crippen LogP contribution in [0.4, 0.5) is 0 Å². The Labute approximate surface area is 165 Å². The summed E-state index contributed by atoms with van der Waals surface area (Å²) in [5.74, 6) is -0.401. The van der Waals surface area contributed by atoms with E-state index in [1.54, 1.807) is 38.2 Å². The van der Waals surface area contributed by atoms with Gasteiger partial charge in [-0.25, -0.2) is 0 Å². The first-order valence-electron chi connectivity index (χ1n) is 9.75. The fraction of sp³-hybridized carbons (Fsp3) is 0.409. The Morgan fingerprint density at radius 1 is 1.11 bits per heavy atom. The third kappa shape index (κ3) is 4.22. The number of nitrogens with one attached hydrogen (secondary N) is 2. The molecule has 0 spiro atoms. The first kappa shape index (κ1) is 20.0. The molecule has 1 saturated carbocycles. The van der Waals surface area contributed by atoms with Crippen molar-refractivity contribution in [3.05, 3.63) is 53.7 Å². The van der Waals surface area contributed by atoms with Crippen molar-refractivity contribution in [2.45, 2.75) is 50.7 Å². The second-order valence-electron chi connectivity index (χ2n) is 7.38. The Kier molecular flexibility index (Phi) is 6.09. The van der Waals surface area contributed by atoms with Crippen LogP contribution in [0.1, 0.15) is 61.2 Å². The molecule has 3 rings (SSSR count). The van der Waals surface area contributed by atoms with Crippen LogP contribution in [0.5, 0.6) is 0 Å². The van der Waals surface area contributed by atoms with E-state index in [0.29, 0.717) is 29.8 Å². The number of aliphatic hydroxyl groups excluding tert-OH is 1. The summed E-state index contributed by atoms with van der Waals surface area (Å²) in [7, 11) is 1.60. The van der Waals surface area contributed by atoms with Crippen molar-refractivity contribution < 1.29 is 14.7 Å². The largest absolute Gasteiger partial charge is 0.387 e. The lowest BCUT2D eigenvalue weighted by atomic mass is 9.80. The van der Waals surface area contributed by atoms with Crippen LogP contribution in [0.2, 0.25) is 0 Å². The lowest BCUT2D eigenvalue weighted by Crippen LogP contribution is -2.59. The molecular formula is C22H27N3O3. The second kappa shape index (κ2) is 8.52. The summed E-state index contributed by atoms with van der Waals surface area (Å²) in [5.41, 5.74) is 1.69. The molecule has 0 bridgehead atoms. The van der Waals surface area contributed by atoms with Crippen LogP contribution in [0, 0.1) is 0 Å². The maximum atomic E-state index is 12.9. The highest BCUT2D eigenvalue weighted by molar-refractivity contribution is 6.00. The number of rotatable bonds is 5. The van der Waals surface area contributed by atoms with E-state index in [-0.39, 0.29) is 11.8 Å². The summed E-state index contributed by atoms with van der Waals surface area (Å²) >= 11 is 0. The number of carbonyl (C=O) groups excluding carboxylic acids is 2. The van der Waals surface area contributed by atoms with Gasteiger partial charge in [0.1, 0.15) is 5.54 Å². The SMILES string of the molecule is CNC(=O)C1(NC(=O)c2cccc(-c3cccc([C@@H](C)O)n3)c2)CCCCC1. The number of aliphatic hydroxyl groups is 1. The van der Waals surface area contributed by atoms with E-state index in [0.717, 1.165) is 24.8 Å². The zero-order valence-corrected chi connectivity index (χ0v) is 16.4. The number of pyridine rings is 1. The van der Waals surface area contributed by atoms with Crippen LogP contribution >= 0.6 is 0 Å². The minimum atomic E-state index is -0.843. The predicted octanol–water partition coefficient (Wildman–Crippen LogP) is 2.98. The molecule has 6 heteroatoms. The van der Waals surface area contributed by atoms with E-state index in [1.807, 2.05) is 18.2 Å². The normalized spacial score (nSPS) is 16.8. The van der Waals surface area contributed by atoms with Gasteiger partial charge in [0.05, 0.1) is 17.5 Å². The maximum absolute atomic E-state index is 12.9. The number of hydrogen-bond acceptors (Lipinski definition) is 4. The summed E-state index contributed by atoms with van der Waals surface area (Å²) in [4.78, 5) is 29.9. The highest BCUT2D eigenvalue weighted by atomic mass is 16.3. The minimum absolute atomic E-state index is 0.136. The van der Waals surface area contributed by atoms with E-state index in [4.69, 9.17) is 0 Å². The fourth-order valence-corrected chi connectivity index (χ4v) is 3.76. The van der Waals surface area contributed by atoms with Crippen LogP contribution in [-0.4, -0.2) is 34.5 Å². The second-order valence-corrected chi connectivity index (χ2v) is 7.38. The van der Waals surface area contributed by atoms with Crippen molar-refractivity contribution in [2.24, 2.45) is 0 Å². The third-order valence-electron chi connectivity index (χ3n) is 5.34. The molecule has 0 radical (unpaired) electrons. The van der Waals surface area contributed by atoms with E-state index in [1.165, 1.54) is 0 Å². The van der Waals surface area contributed by atoms with Crippen molar-refractivity contribution in [3.8, 4) is 11.3 Å². The summed E-state index contributed by atoms with van der Waals surface area (Å²) < 4.78 is 0. The van der Waals surface area contributed by atoms with Crippen LogP contribution in [0.15, 0.2) is 42.5 Å². The molecule has 1 aromatic heterocycles. The van der Waals surface area contributed by atoms with Crippen LogP contribution < -0.4 is 10.6 Å². The summed E-state index contributed by atoms with van der Waals surface area (Å²) in [5, 5.41) is 15.5. The van der Waals surface area contributed by atoms with Gasteiger partial charge in [0.15, 0.2) is 0 Å². The van der Waals surface area contributed by atoms with Gasteiger partial charge in [-0.1, -0.05) is 37.5 Å². The lowest BCUT2D eigenvalue weighted by molar-refractivity contribution is -0.128. The molecule has 1 atom stereocenters. The molecule has 28 heavy (non-hydrogen) atoms. The average molecular weight is 381 g/mol. The number of benzene rings is 1. The van der Waals surface area contributed by atoms with Crippen LogP contribution in [-0.2, 0) is 4.79 Å². The highest BCUT2D eigenvalue weighted by Gasteiger charge is 2.40. The maximum Gasteiger partial charge on any atom is 0.252 e. The average Bonchev–Trinajstić information content (AvgIpc) is 2.74. The van der Waals surface area contributed by atoms with Crippen LogP contribution in [0.3, 0.4) is 0 Å². The lowest BCUT2D eigenvalue weighted by Gasteiger charge is -2.36. The Balaban J connectivity index is 1.86. The van der Waals surface area contributed by atoms with Gasteiger partial charge in [-0.15, -0.1) is 0 Å². The summed E-state index contributed by atoms with van der Waals surface area (Å²) in [6, 6.07) is 12.6.